The van der Waals surface area contributed by atoms with Crippen LogP contribution in [0, 0.1) is 5.82 Å². The molecule has 4 nitrogen and oxygen atoms in total. The molecule has 0 bridgehead atoms. The van der Waals surface area contributed by atoms with Crippen molar-refractivity contribution < 1.29 is 12.8 Å². The van der Waals surface area contributed by atoms with E-state index in [1.54, 1.807) is 30.3 Å². The Balaban J connectivity index is 2.27. The van der Waals surface area contributed by atoms with Gasteiger partial charge in [0.05, 0.1) is 5.69 Å². The van der Waals surface area contributed by atoms with Gasteiger partial charge in [-0.15, -0.1) is 0 Å². The second kappa shape index (κ2) is 6.55. The summed E-state index contributed by atoms with van der Waals surface area (Å²) in [6, 6.07) is 11.1. The lowest BCUT2D eigenvalue weighted by Gasteiger charge is -2.12. The first-order valence-electron chi connectivity index (χ1n) is 6.14. The van der Waals surface area contributed by atoms with E-state index >= 15 is 0 Å². The molecule has 7 heteroatoms. The van der Waals surface area contributed by atoms with Crippen molar-refractivity contribution in [2.45, 2.75) is 11.4 Å². The van der Waals surface area contributed by atoms with Crippen LogP contribution < -0.4 is 10.0 Å². The van der Waals surface area contributed by atoms with Crippen LogP contribution in [0.3, 0.4) is 0 Å². The molecule has 0 aliphatic rings. The Morgan fingerprint density at radius 3 is 2.62 bits per heavy atom. The lowest BCUT2D eigenvalue weighted by molar-refractivity contribution is 0.588. The van der Waals surface area contributed by atoms with Crippen LogP contribution in [0.5, 0.6) is 0 Å². The van der Waals surface area contributed by atoms with Crippen molar-refractivity contribution in [2.75, 3.05) is 12.4 Å². The molecule has 0 heterocycles. The van der Waals surface area contributed by atoms with Crippen molar-refractivity contribution in [3.63, 3.8) is 0 Å². The number of benzene rings is 2. The Labute approximate surface area is 131 Å². The number of hydrogen-bond acceptors (Lipinski definition) is 3. The number of nitrogens with one attached hydrogen (secondary N) is 2. The molecule has 0 amide bonds. The molecule has 112 valence electrons. The first-order valence-corrected chi connectivity index (χ1v) is 8.42. The van der Waals surface area contributed by atoms with E-state index in [2.05, 4.69) is 26.0 Å². The zero-order valence-corrected chi connectivity index (χ0v) is 13.6. The molecular formula is C14H14BrFN2O2S. The maximum atomic E-state index is 13.7. The van der Waals surface area contributed by atoms with E-state index in [0.717, 1.165) is 4.47 Å². The van der Waals surface area contributed by atoms with E-state index in [1.165, 1.54) is 19.2 Å². The SMILES string of the molecule is CNS(=O)(=O)c1ccccc1NCc1cc(Br)ccc1F. The molecule has 21 heavy (non-hydrogen) atoms. The molecule has 2 rings (SSSR count). The van der Waals surface area contributed by atoms with Gasteiger partial charge in [-0.2, -0.15) is 0 Å². The Bertz CT molecular complexity index is 750. The van der Waals surface area contributed by atoms with Crippen LogP contribution in [0.2, 0.25) is 0 Å². The molecule has 0 unspecified atom stereocenters. The normalized spacial score (nSPS) is 11.4. The van der Waals surface area contributed by atoms with Crippen molar-refractivity contribution in [3.8, 4) is 0 Å². The molecule has 0 saturated carbocycles. The van der Waals surface area contributed by atoms with Gasteiger partial charge in [-0.1, -0.05) is 28.1 Å². The highest BCUT2D eigenvalue weighted by atomic mass is 79.9. The monoisotopic (exact) mass is 372 g/mol. The number of hydrogen-bond donors (Lipinski definition) is 2. The maximum absolute atomic E-state index is 13.7. The predicted octanol–water partition coefficient (Wildman–Crippen LogP) is 3.11. The smallest absolute Gasteiger partial charge is 0.242 e. The Kier molecular flexibility index (Phi) is 4.97. The minimum atomic E-state index is -3.57. The average Bonchev–Trinajstić information content (AvgIpc) is 2.48. The van der Waals surface area contributed by atoms with E-state index in [-0.39, 0.29) is 17.3 Å². The first kappa shape index (κ1) is 15.9. The van der Waals surface area contributed by atoms with Crippen LogP contribution in [0.25, 0.3) is 0 Å². The van der Waals surface area contributed by atoms with E-state index in [0.29, 0.717) is 11.3 Å². The fourth-order valence-corrected chi connectivity index (χ4v) is 3.14. The number of sulfonamides is 1. The largest absolute Gasteiger partial charge is 0.380 e. The molecule has 0 radical (unpaired) electrons. The van der Waals surface area contributed by atoms with Crippen molar-refractivity contribution in [2.24, 2.45) is 0 Å². The van der Waals surface area contributed by atoms with Crippen molar-refractivity contribution >= 4 is 31.6 Å². The van der Waals surface area contributed by atoms with Gasteiger partial charge in [0, 0.05) is 16.6 Å². The van der Waals surface area contributed by atoms with Crippen molar-refractivity contribution in [3.05, 3.63) is 58.3 Å². The summed E-state index contributed by atoms with van der Waals surface area (Å²) in [5.74, 6) is -0.348. The highest BCUT2D eigenvalue weighted by Crippen LogP contribution is 2.22. The highest BCUT2D eigenvalue weighted by Gasteiger charge is 2.16. The third-order valence-electron chi connectivity index (χ3n) is 2.92. The van der Waals surface area contributed by atoms with Gasteiger partial charge in [-0.25, -0.2) is 17.5 Å². The predicted molar refractivity (Wildman–Crippen MR) is 84.1 cm³/mol. The van der Waals surface area contributed by atoms with Crippen LogP contribution in [0.4, 0.5) is 10.1 Å². The summed E-state index contributed by atoms with van der Waals surface area (Å²) < 4.78 is 40.6. The summed E-state index contributed by atoms with van der Waals surface area (Å²) in [7, 11) is -2.22. The molecule has 0 atom stereocenters. The second-order valence-electron chi connectivity index (χ2n) is 4.29. The molecule has 2 aromatic carbocycles. The van der Waals surface area contributed by atoms with Gasteiger partial charge in [-0.05, 0) is 37.4 Å². The third-order valence-corrected chi connectivity index (χ3v) is 4.89. The minimum Gasteiger partial charge on any atom is -0.380 e. The number of rotatable bonds is 5. The lowest BCUT2D eigenvalue weighted by Crippen LogP contribution is -2.20. The summed E-state index contributed by atoms with van der Waals surface area (Å²) in [5, 5.41) is 2.96. The van der Waals surface area contributed by atoms with E-state index in [1.807, 2.05) is 0 Å². The topological polar surface area (TPSA) is 58.2 Å². The molecule has 2 aromatic rings. The van der Waals surface area contributed by atoms with E-state index in [4.69, 9.17) is 0 Å². The van der Waals surface area contributed by atoms with Gasteiger partial charge in [0.2, 0.25) is 10.0 Å². The van der Waals surface area contributed by atoms with Gasteiger partial charge < -0.3 is 5.32 Å². The standard InChI is InChI=1S/C14H14BrFN2O2S/c1-17-21(19,20)14-5-3-2-4-13(14)18-9-10-8-11(15)6-7-12(10)16/h2-8,17-18H,9H2,1H3. The summed E-state index contributed by atoms with van der Waals surface area (Å²) in [5.41, 5.74) is 0.868. The summed E-state index contributed by atoms with van der Waals surface area (Å²) in [6.45, 7) is 0.182. The van der Waals surface area contributed by atoms with Gasteiger partial charge in [0.15, 0.2) is 0 Å². The van der Waals surface area contributed by atoms with Gasteiger partial charge >= 0.3 is 0 Å². The van der Waals surface area contributed by atoms with Gasteiger partial charge in [-0.3, -0.25) is 0 Å². The van der Waals surface area contributed by atoms with Gasteiger partial charge in [0.25, 0.3) is 0 Å². The van der Waals surface area contributed by atoms with Crippen LogP contribution in [-0.4, -0.2) is 15.5 Å². The zero-order valence-electron chi connectivity index (χ0n) is 11.2. The molecule has 0 aromatic heterocycles. The second-order valence-corrected chi connectivity index (χ2v) is 7.06. The Morgan fingerprint density at radius 2 is 1.90 bits per heavy atom. The average molecular weight is 373 g/mol. The highest BCUT2D eigenvalue weighted by molar-refractivity contribution is 9.10. The molecular weight excluding hydrogens is 359 g/mol. The van der Waals surface area contributed by atoms with E-state index < -0.39 is 10.0 Å². The van der Waals surface area contributed by atoms with Crippen molar-refractivity contribution in [1.82, 2.24) is 4.72 Å². The molecule has 2 N–H and O–H groups in total. The van der Waals surface area contributed by atoms with Gasteiger partial charge in [0.1, 0.15) is 10.7 Å². The Hall–Kier alpha value is -1.44. The van der Waals surface area contributed by atoms with Crippen LogP contribution in [0.1, 0.15) is 5.56 Å². The summed E-state index contributed by atoms with van der Waals surface area (Å²) >= 11 is 3.28. The van der Waals surface area contributed by atoms with E-state index in [9.17, 15) is 12.8 Å². The molecule has 0 saturated heterocycles. The quantitative estimate of drug-likeness (QED) is 0.847. The first-order chi connectivity index (χ1) is 9.94. The molecule has 0 aliphatic heterocycles. The third kappa shape index (κ3) is 3.81. The van der Waals surface area contributed by atoms with Crippen LogP contribution in [-0.2, 0) is 16.6 Å². The minimum absolute atomic E-state index is 0.128. The van der Waals surface area contributed by atoms with Crippen molar-refractivity contribution in [1.29, 1.82) is 0 Å². The number of halogens is 2. The summed E-state index contributed by atoms with van der Waals surface area (Å²) in [6.07, 6.45) is 0. The van der Waals surface area contributed by atoms with Crippen LogP contribution >= 0.6 is 15.9 Å². The fraction of sp³-hybridized carbons (Fsp3) is 0.143. The molecule has 0 fully saturated rings. The number of para-hydroxylation sites is 1. The number of anilines is 1. The summed E-state index contributed by atoms with van der Waals surface area (Å²) in [4.78, 5) is 0.128. The maximum Gasteiger partial charge on any atom is 0.242 e. The fourth-order valence-electron chi connectivity index (χ4n) is 1.83. The van der Waals surface area contributed by atoms with Crippen LogP contribution in [0.15, 0.2) is 51.8 Å². The Morgan fingerprint density at radius 1 is 1.19 bits per heavy atom. The zero-order chi connectivity index (χ0) is 15.5. The lowest BCUT2D eigenvalue weighted by atomic mass is 10.2. The molecule has 0 spiro atoms. The molecule has 0 aliphatic carbocycles.